The normalized spacial score (nSPS) is 25.3. The number of hydrogen-bond acceptors (Lipinski definition) is 6. The Kier molecular flexibility index (Phi) is 14.7. The monoisotopic (exact) mass is 834 g/mol. The van der Waals surface area contributed by atoms with Crippen molar-refractivity contribution in [2.75, 3.05) is 0 Å². The first-order valence-corrected chi connectivity index (χ1v) is 20.5. The van der Waals surface area contributed by atoms with Crippen molar-refractivity contribution in [2.45, 2.75) is 174 Å². The van der Waals surface area contributed by atoms with E-state index in [0.717, 1.165) is 44.9 Å². The van der Waals surface area contributed by atoms with E-state index in [0.29, 0.717) is 50.4 Å². The molecule has 2 N–H and O–H groups in total. The summed E-state index contributed by atoms with van der Waals surface area (Å²) in [6, 6.07) is 0. The largest absolute Gasteiger partial charge is 0.503 e. The molecule has 4 unspecified atom stereocenters. The van der Waals surface area contributed by atoms with Gasteiger partial charge in [-0.3, -0.25) is 4.79 Å². The molecule has 58 heavy (non-hydrogen) atoms. The summed E-state index contributed by atoms with van der Waals surface area (Å²) in [5.74, 6) is -16.2. The van der Waals surface area contributed by atoms with Gasteiger partial charge in [-0.05, 0) is 121 Å². The topological polar surface area (TPSA) is 93.1 Å². The van der Waals surface area contributed by atoms with Crippen molar-refractivity contribution in [1.29, 1.82) is 0 Å². The van der Waals surface area contributed by atoms with Crippen LogP contribution in [0, 0.1) is 63.8 Å². The number of benzene rings is 2. The summed E-state index contributed by atoms with van der Waals surface area (Å²) in [5.41, 5.74) is -4.75. The molecule has 5 saturated carbocycles. The summed E-state index contributed by atoms with van der Waals surface area (Å²) >= 11 is 0. The number of phenols is 1. The number of aromatic hydroxyl groups is 1. The second-order valence-electron chi connectivity index (χ2n) is 17.8. The van der Waals surface area contributed by atoms with E-state index in [2.05, 4.69) is 0 Å². The molecule has 2 aromatic rings. The molecule has 5 aliphatic carbocycles. The molecule has 0 heterocycles. The molecule has 2 aromatic carbocycles. The molecular formula is C44H58F8O6. The molecule has 4 bridgehead atoms. The summed E-state index contributed by atoms with van der Waals surface area (Å²) < 4.78 is 120. The quantitative estimate of drug-likeness (QED) is 0.141. The van der Waals surface area contributed by atoms with Gasteiger partial charge in [0.15, 0.2) is 40.7 Å². The zero-order chi connectivity index (χ0) is 43.7. The molecule has 6 nitrogen and oxygen atoms in total. The predicted octanol–water partition coefficient (Wildman–Crippen LogP) is 12.1. The van der Waals surface area contributed by atoms with E-state index in [1.807, 2.05) is 20.8 Å². The van der Waals surface area contributed by atoms with Gasteiger partial charge >= 0.3 is 11.9 Å². The molecule has 0 radical (unpaired) electrons. The Hall–Kier alpha value is -3.42. The van der Waals surface area contributed by atoms with E-state index >= 15 is 0 Å². The Morgan fingerprint density at radius 3 is 1.52 bits per heavy atom. The zero-order valence-corrected chi connectivity index (χ0v) is 34.8. The lowest BCUT2D eigenvalue weighted by Gasteiger charge is -2.59. The Morgan fingerprint density at radius 2 is 1.14 bits per heavy atom. The summed E-state index contributed by atoms with van der Waals surface area (Å²) in [4.78, 5) is 24.6. The molecule has 5 aliphatic rings. The highest BCUT2D eigenvalue weighted by Crippen LogP contribution is 2.59. The van der Waals surface area contributed by atoms with Gasteiger partial charge in [0.05, 0.1) is 11.0 Å². The van der Waals surface area contributed by atoms with E-state index in [4.69, 9.17) is 14.6 Å². The fraction of sp³-hybridized carbons (Fsp3) is 0.682. The molecule has 0 spiro atoms. The minimum atomic E-state index is -1.75. The van der Waals surface area contributed by atoms with E-state index in [1.54, 1.807) is 20.8 Å². The average molecular weight is 835 g/mol. The SMILES string of the molecule is CCC(C)(C)C(=O)OC12CC3CC(CC(O)(C3)C1)C2.CCC(C)c1c(F)c(F)c(C(=O)OC2(CC)CCCC2)c(F)c1F.CCC(C)c1c(F)c(F)c(O)c(F)c1F. The maximum atomic E-state index is 14.3. The second kappa shape index (κ2) is 18.1. The first-order valence-electron chi connectivity index (χ1n) is 20.5. The van der Waals surface area contributed by atoms with Crippen LogP contribution in [0.15, 0.2) is 0 Å². The second-order valence-corrected chi connectivity index (χ2v) is 17.8. The van der Waals surface area contributed by atoms with Crippen molar-refractivity contribution in [3.63, 3.8) is 0 Å². The van der Waals surface area contributed by atoms with Gasteiger partial charge in [-0.1, -0.05) is 41.5 Å². The van der Waals surface area contributed by atoms with Crippen molar-refractivity contribution < 1.29 is 64.4 Å². The molecule has 326 valence electrons. The third-order valence-corrected chi connectivity index (χ3v) is 13.2. The number of esters is 2. The molecule has 14 heteroatoms. The Morgan fingerprint density at radius 1 is 0.707 bits per heavy atom. The Bertz CT molecular complexity index is 1770. The average Bonchev–Trinajstić information content (AvgIpc) is 3.63. The van der Waals surface area contributed by atoms with Gasteiger partial charge in [0, 0.05) is 17.5 Å². The van der Waals surface area contributed by atoms with Crippen LogP contribution in [0.25, 0.3) is 0 Å². The van der Waals surface area contributed by atoms with Crippen molar-refractivity contribution in [1.82, 2.24) is 0 Å². The van der Waals surface area contributed by atoms with Crippen LogP contribution in [0.4, 0.5) is 35.1 Å². The molecule has 5 fully saturated rings. The number of aliphatic hydroxyl groups is 1. The molecule has 0 aliphatic heterocycles. The van der Waals surface area contributed by atoms with Gasteiger partial charge in [0.1, 0.15) is 16.8 Å². The Balaban J connectivity index is 0.000000198. The number of carbonyl (C=O) groups excluding carboxylic acids is 2. The maximum Gasteiger partial charge on any atom is 0.344 e. The number of hydrogen-bond donors (Lipinski definition) is 2. The van der Waals surface area contributed by atoms with Gasteiger partial charge in [-0.2, -0.15) is 8.78 Å². The van der Waals surface area contributed by atoms with Crippen LogP contribution in [0.3, 0.4) is 0 Å². The summed E-state index contributed by atoms with van der Waals surface area (Å²) in [6.07, 6.45) is 10.4. The van der Waals surface area contributed by atoms with Crippen LogP contribution in [-0.2, 0) is 14.3 Å². The number of phenolic OH excluding ortho intramolecular Hbond substituents is 1. The van der Waals surface area contributed by atoms with Crippen molar-refractivity contribution in [3.05, 3.63) is 63.2 Å². The highest BCUT2D eigenvalue weighted by molar-refractivity contribution is 5.90. The number of carbonyl (C=O) groups is 2. The molecule has 7 rings (SSSR count). The maximum absolute atomic E-state index is 14.3. The third kappa shape index (κ3) is 9.46. The van der Waals surface area contributed by atoms with E-state index < -0.39 is 103 Å². The summed E-state index contributed by atoms with van der Waals surface area (Å²) in [7, 11) is 0. The lowest BCUT2D eigenvalue weighted by atomic mass is 9.52. The minimum Gasteiger partial charge on any atom is -0.503 e. The molecular weight excluding hydrogens is 776 g/mol. The molecule has 4 atom stereocenters. The standard InChI is InChI=1S/C18H22F4O2.C16H26O3.C10H10F4O/c1-4-10(3)11-13(19)15(21)12(16(22)14(11)20)17(23)24-18(5-2)8-6-7-9-18;1-4-14(2,3)13(17)19-16-8-11-5-12(9-16)7-15(18,6-11)10-16;1-3-4(2)5-6(11)8(13)10(15)9(14)7(5)12/h10H,4-9H2,1-3H3;11-12,18H,4-10H2,1-3H3;4,15H,3H2,1-2H3. The van der Waals surface area contributed by atoms with Gasteiger partial charge in [-0.25, -0.2) is 31.1 Å². The smallest absolute Gasteiger partial charge is 0.344 e. The summed E-state index contributed by atoms with van der Waals surface area (Å²) in [5, 5.41) is 19.4. The minimum absolute atomic E-state index is 0.0828. The van der Waals surface area contributed by atoms with Crippen LogP contribution >= 0.6 is 0 Å². The highest BCUT2D eigenvalue weighted by atomic mass is 19.2. The van der Waals surface area contributed by atoms with Crippen LogP contribution in [0.2, 0.25) is 0 Å². The predicted molar refractivity (Wildman–Crippen MR) is 201 cm³/mol. The fourth-order valence-corrected chi connectivity index (χ4v) is 9.26. The first-order chi connectivity index (χ1) is 26.9. The number of halogens is 8. The molecule has 0 amide bonds. The zero-order valence-electron chi connectivity index (χ0n) is 34.8. The van der Waals surface area contributed by atoms with Crippen LogP contribution in [-0.4, -0.2) is 39.0 Å². The van der Waals surface area contributed by atoms with Crippen LogP contribution in [0.5, 0.6) is 5.75 Å². The molecule has 0 saturated heterocycles. The van der Waals surface area contributed by atoms with Crippen molar-refractivity contribution in [2.24, 2.45) is 17.3 Å². The Labute approximate surface area is 336 Å². The lowest BCUT2D eigenvalue weighted by molar-refractivity contribution is -0.225. The van der Waals surface area contributed by atoms with E-state index in [1.165, 1.54) is 20.3 Å². The van der Waals surface area contributed by atoms with Gasteiger partial charge < -0.3 is 19.7 Å². The van der Waals surface area contributed by atoms with Gasteiger partial charge in [-0.15, -0.1) is 0 Å². The van der Waals surface area contributed by atoms with Crippen molar-refractivity contribution >= 4 is 11.9 Å². The fourth-order valence-electron chi connectivity index (χ4n) is 9.26. The highest BCUT2D eigenvalue weighted by Gasteiger charge is 2.59. The third-order valence-electron chi connectivity index (χ3n) is 13.2. The van der Waals surface area contributed by atoms with Gasteiger partial charge in [0.2, 0.25) is 11.6 Å². The van der Waals surface area contributed by atoms with Crippen LogP contribution in [0.1, 0.15) is 179 Å². The summed E-state index contributed by atoms with van der Waals surface area (Å²) in [6.45, 7) is 13.9. The van der Waals surface area contributed by atoms with Gasteiger partial charge in [0.25, 0.3) is 0 Å². The van der Waals surface area contributed by atoms with E-state index in [-0.39, 0.29) is 11.6 Å². The van der Waals surface area contributed by atoms with Crippen LogP contribution < -0.4 is 0 Å². The number of ether oxygens (including phenoxy) is 2. The van der Waals surface area contributed by atoms with Crippen molar-refractivity contribution in [3.8, 4) is 5.75 Å². The van der Waals surface area contributed by atoms with E-state index in [9.17, 15) is 49.8 Å². The molecule has 0 aromatic heterocycles. The lowest BCUT2D eigenvalue weighted by Crippen LogP contribution is -2.61. The first kappa shape index (κ1) is 47.3. The number of rotatable bonds is 10.